The normalized spacial score (nSPS) is 15.9. The third-order valence-corrected chi connectivity index (χ3v) is 5.39. The van der Waals surface area contributed by atoms with E-state index in [-0.39, 0.29) is 22.6 Å². The SMILES string of the molecule is Cc1cccc(C)c1NC(=O)C(C)N1CCN(c2ccccc2[N+](=O)[O-])CC1. The maximum atomic E-state index is 12.8. The molecule has 28 heavy (non-hydrogen) atoms. The lowest BCUT2D eigenvalue weighted by Gasteiger charge is -2.38. The molecule has 2 aromatic rings. The second-order valence-electron chi connectivity index (χ2n) is 7.20. The lowest BCUT2D eigenvalue weighted by molar-refractivity contribution is -0.384. The predicted octanol–water partition coefficient (Wildman–Crippen LogP) is 3.36. The summed E-state index contributed by atoms with van der Waals surface area (Å²) in [5.41, 5.74) is 3.72. The zero-order valence-corrected chi connectivity index (χ0v) is 16.5. The van der Waals surface area contributed by atoms with Gasteiger partial charge in [0.1, 0.15) is 5.69 Å². The number of amides is 1. The standard InChI is InChI=1S/C21H26N4O3/c1-15-7-6-8-16(2)20(15)22-21(26)17(3)23-11-13-24(14-12-23)18-9-4-5-10-19(18)25(27)28/h4-10,17H,11-14H2,1-3H3,(H,22,26). The molecule has 1 fully saturated rings. The van der Waals surface area contributed by atoms with Crippen LogP contribution >= 0.6 is 0 Å². The van der Waals surface area contributed by atoms with Crippen molar-refractivity contribution >= 4 is 23.0 Å². The summed E-state index contributed by atoms with van der Waals surface area (Å²) >= 11 is 0. The Labute approximate surface area is 165 Å². The van der Waals surface area contributed by atoms with E-state index in [4.69, 9.17) is 0 Å². The Morgan fingerprint density at radius 3 is 2.25 bits per heavy atom. The fraction of sp³-hybridized carbons (Fsp3) is 0.381. The van der Waals surface area contributed by atoms with Crippen LogP contribution in [-0.4, -0.2) is 48.0 Å². The molecule has 0 aromatic heterocycles. The van der Waals surface area contributed by atoms with Crippen molar-refractivity contribution in [3.63, 3.8) is 0 Å². The summed E-state index contributed by atoms with van der Waals surface area (Å²) in [5.74, 6) is -0.0310. The number of benzene rings is 2. The van der Waals surface area contributed by atoms with E-state index in [0.29, 0.717) is 31.9 Å². The Morgan fingerprint density at radius 2 is 1.64 bits per heavy atom. The van der Waals surface area contributed by atoms with Crippen LogP contribution in [0.1, 0.15) is 18.1 Å². The third kappa shape index (κ3) is 4.14. The number of piperazine rings is 1. The molecule has 7 nitrogen and oxygen atoms in total. The average Bonchev–Trinajstić information content (AvgIpc) is 2.70. The molecule has 0 bridgehead atoms. The Balaban J connectivity index is 1.63. The molecule has 1 N–H and O–H groups in total. The zero-order valence-electron chi connectivity index (χ0n) is 16.5. The van der Waals surface area contributed by atoms with E-state index < -0.39 is 0 Å². The topological polar surface area (TPSA) is 78.7 Å². The molecule has 0 aliphatic carbocycles. The van der Waals surface area contributed by atoms with Crippen molar-refractivity contribution in [1.29, 1.82) is 0 Å². The van der Waals surface area contributed by atoms with Gasteiger partial charge in [0.15, 0.2) is 0 Å². The van der Waals surface area contributed by atoms with Crippen molar-refractivity contribution in [2.75, 3.05) is 36.4 Å². The molecule has 1 atom stereocenters. The Morgan fingerprint density at radius 1 is 1.04 bits per heavy atom. The van der Waals surface area contributed by atoms with Gasteiger partial charge < -0.3 is 10.2 Å². The first-order valence-electron chi connectivity index (χ1n) is 9.48. The second kappa shape index (κ2) is 8.39. The molecule has 1 saturated heterocycles. The number of nitrogens with one attached hydrogen (secondary N) is 1. The van der Waals surface area contributed by atoms with E-state index in [9.17, 15) is 14.9 Å². The molecule has 2 aromatic carbocycles. The highest BCUT2D eigenvalue weighted by atomic mass is 16.6. The molecule has 0 radical (unpaired) electrons. The van der Waals surface area contributed by atoms with Gasteiger partial charge in [-0.05, 0) is 38.0 Å². The van der Waals surface area contributed by atoms with E-state index in [1.165, 1.54) is 6.07 Å². The first-order valence-corrected chi connectivity index (χ1v) is 9.48. The molecular formula is C21H26N4O3. The van der Waals surface area contributed by atoms with Crippen LogP contribution < -0.4 is 10.2 Å². The van der Waals surface area contributed by atoms with Crippen molar-refractivity contribution in [3.8, 4) is 0 Å². The number of carbonyl (C=O) groups is 1. The van der Waals surface area contributed by atoms with Crippen molar-refractivity contribution < 1.29 is 9.72 Å². The summed E-state index contributed by atoms with van der Waals surface area (Å²) in [5, 5.41) is 14.3. The van der Waals surface area contributed by atoms with Gasteiger partial charge in [0.05, 0.1) is 11.0 Å². The van der Waals surface area contributed by atoms with Crippen LogP contribution in [0.5, 0.6) is 0 Å². The maximum absolute atomic E-state index is 12.8. The number of nitro benzene ring substituents is 1. The lowest BCUT2D eigenvalue weighted by Crippen LogP contribution is -2.53. The van der Waals surface area contributed by atoms with Crippen LogP contribution in [0, 0.1) is 24.0 Å². The van der Waals surface area contributed by atoms with Crippen LogP contribution in [0.3, 0.4) is 0 Å². The number of hydrogen-bond donors (Lipinski definition) is 1. The molecular weight excluding hydrogens is 356 g/mol. The largest absolute Gasteiger partial charge is 0.363 e. The molecule has 1 aliphatic heterocycles. The number of aryl methyl sites for hydroxylation is 2. The quantitative estimate of drug-likeness (QED) is 0.634. The summed E-state index contributed by atoms with van der Waals surface area (Å²) in [6.45, 7) is 8.51. The van der Waals surface area contributed by atoms with Gasteiger partial charge in [-0.1, -0.05) is 30.3 Å². The fourth-order valence-electron chi connectivity index (χ4n) is 3.64. The molecule has 0 saturated carbocycles. The average molecular weight is 382 g/mol. The monoisotopic (exact) mass is 382 g/mol. The van der Waals surface area contributed by atoms with E-state index in [0.717, 1.165) is 16.8 Å². The van der Waals surface area contributed by atoms with Gasteiger partial charge in [0.2, 0.25) is 5.91 Å². The second-order valence-corrected chi connectivity index (χ2v) is 7.20. The number of rotatable bonds is 5. The number of anilines is 2. The van der Waals surface area contributed by atoms with E-state index in [1.54, 1.807) is 12.1 Å². The minimum absolute atomic E-state index is 0.0310. The van der Waals surface area contributed by atoms with Crippen molar-refractivity contribution in [1.82, 2.24) is 4.90 Å². The number of nitro groups is 1. The highest BCUT2D eigenvalue weighted by molar-refractivity contribution is 5.95. The minimum atomic E-state index is -0.345. The van der Waals surface area contributed by atoms with Crippen molar-refractivity contribution in [2.45, 2.75) is 26.8 Å². The van der Waals surface area contributed by atoms with Crippen molar-refractivity contribution in [3.05, 3.63) is 63.7 Å². The summed E-state index contributed by atoms with van der Waals surface area (Å²) in [6.07, 6.45) is 0. The number of nitrogens with zero attached hydrogens (tertiary/aromatic N) is 3. The van der Waals surface area contributed by atoms with Gasteiger partial charge >= 0.3 is 0 Å². The molecule has 0 spiro atoms. The third-order valence-electron chi connectivity index (χ3n) is 5.39. The Kier molecular flexibility index (Phi) is 5.94. The van der Waals surface area contributed by atoms with E-state index >= 15 is 0 Å². The molecule has 7 heteroatoms. The Bertz CT molecular complexity index is 855. The minimum Gasteiger partial charge on any atom is -0.363 e. The summed E-state index contributed by atoms with van der Waals surface area (Å²) in [6, 6.07) is 12.5. The molecule has 1 heterocycles. The number of hydrogen-bond acceptors (Lipinski definition) is 5. The smallest absolute Gasteiger partial charge is 0.292 e. The van der Waals surface area contributed by atoms with Gasteiger partial charge in [0, 0.05) is 37.9 Å². The summed E-state index contributed by atoms with van der Waals surface area (Å²) < 4.78 is 0. The predicted molar refractivity (Wildman–Crippen MR) is 111 cm³/mol. The van der Waals surface area contributed by atoms with Crippen LogP contribution in [-0.2, 0) is 4.79 Å². The van der Waals surface area contributed by atoms with Gasteiger partial charge in [-0.2, -0.15) is 0 Å². The van der Waals surface area contributed by atoms with Crippen LogP contribution in [0.2, 0.25) is 0 Å². The van der Waals surface area contributed by atoms with Crippen molar-refractivity contribution in [2.24, 2.45) is 0 Å². The number of carbonyl (C=O) groups excluding carboxylic acids is 1. The summed E-state index contributed by atoms with van der Waals surface area (Å²) in [7, 11) is 0. The van der Waals surface area contributed by atoms with Gasteiger partial charge in [0.25, 0.3) is 5.69 Å². The van der Waals surface area contributed by atoms with E-state index in [1.807, 2.05) is 49.9 Å². The van der Waals surface area contributed by atoms with Gasteiger partial charge in [-0.15, -0.1) is 0 Å². The first-order chi connectivity index (χ1) is 13.4. The first kappa shape index (κ1) is 19.8. The lowest BCUT2D eigenvalue weighted by atomic mass is 10.1. The molecule has 1 amide bonds. The van der Waals surface area contributed by atoms with Crippen LogP contribution in [0.25, 0.3) is 0 Å². The van der Waals surface area contributed by atoms with Gasteiger partial charge in [-0.3, -0.25) is 19.8 Å². The maximum Gasteiger partial charge on any atom is 0.292 e. The highest BCUT2D eigenvalue weighted by Crippen LogP contribution is 2.28. The van der Waals surface area contributed by atoms with Crippen LogP contribution in [0.4, 0.5) is 17.1 Å². The fourth-order valence-corrected chi connectivity index (χ4v) is 3.64. The van der Waals surface area contributed by atoms with Crippen LogP contribution in [0.15, 0.2) is 42.5 Å². The molecule has 148 valence electrons. The molecule has 1 unspecified atom stereocenters. The zero-order chi connectivity index (χ0) is 20.3. The summed E-state index contributed by atoms with van der Waals surface area (Å²) in [4.78, 5) is 27.8. The highest BCUT2D eigenvalue weighted by Gasteiger charge is 2.28. The Hall–Kier alpha value is -2.93. The molecule has 3 rings (SSSR count). The van der Waals surface area contributed by atoms with Gasteiger partial charge in [-0.25, -0.2) is 0 Å². The molecule has 1 aliphatic rings. The number of para-hydroxylation sites is 3. The van der Waals surface area contributed by atoms with E-state index in [2.05, 4.69) is 10.2 Å².